The van der Waals surface area contributed by atoms with Crippen molar-refractivity contribution in [1.29, 1.82) is 0 Å². The van der Waals surface area contributed by atoms with E-state index < -0.39 is 0 Å². The van der Waals surface area contributed by atoms with Gasteiger partial charge in [-0.05, 0) is 23.3 Å². The predicted molar refractivity (Wildman–Crippen MR) is 74.8 cm³/mol. The fraction of sp³-hybridized carbons (Fsp3) is 0.200. The molecule has 0 heterocycles. The molecule has 1 amide bonds. The van der Waals surface area contributed by atoms with Crippen molar-refractivity contribution < 1.29 is 4.79 Å². The van der Waals surface area contributed by atoms with Gasteiger partial charge in [0.1, 0.15) is 0 Å². The van der Waals surface area contributed by atoms with Gasteiger partial charge in [0.05, 0.1) is 0 Å². The Kier molecular flexibility index (Phi) is 4.07. The lowest BCUT2D eigenvalue weighted by atomic mass is 10.0. The van der Waals surface area contributed by atoms with Crippen LogP contribution in [0.2, 0.25) is 0 Å². The van der Waals surface area contributed by atoms with Crippen molar-refractivity contribution in [1.82, 2.24) is 5.43 Å². The Morgan fingerprint density at radius 2 is 2.00 bits per heavy atom. The monoisotopic (exact) mass is 240 g/mol. The van der Waals surface area contributed by atoms with E-state index in [1.54, 1.807) is 6.21 Å². The van der Waals surface area contributed by atoms with Crippen LogP contribution in [-0.2, 0) is 0 Å². The maximum atomic E-state index is 12.0. The Hall–Kier alpha value is -2.16. The number of carbonyl (C=O) groups excluding carboxylic acids is 1. The topological polar surface area (TPSA) is 41.5 Å². The van der Waals surface area contributed by atoms with E-state index in [2.05, 4.69) is 17.5 Å². The summed E-state index contributed by atoms with van der Waals surface area (Å²) in [6, 6.07) is 13.5. The third-order valence-electron chi connectivity index (χ3n) is 2.71. The van der Waals surface area contributed by atoms with Gasteiger partial charge in [-0.25, -0.2) is 5.43 Å². The van der Waals surface area contributed by atoms with Gasteiger partial charge >= 0.3 is 0 Å². The van der Waals surface area contributed by atoms with Crippen molar-refractivity contribution in [3.05, 3.63) is 48.0 Å². The molecular weight excluding hydrogens is 224 g/mol. The van der Waals surface area contributed by atoms with E-state index in [0.29, 0.717) is 5.56 Å². The molecule has 0 saturated carbocycles. The predicted octanol–water partition coefficient (Wildman–Crippen LogP) is 3.36. The first-order chi connectivity index (χ1) is 8.83. The van der Waals surface area contributed by atoms with Crippen molar-refractivity contribution in [3.8, 4) is 0 Å². The number of carbonyl (C=O) groups is 1. The molecule has 2 aromatic carbocycles. The molecule has 18 heavy (non-hydrogen) atoms. The molecule has 0 aliphatic heterocycles. The van der Waals surface area contributed by atoms with Crippen LogP contribution < -0.4 is 5.43 Å². The molecular formula is C15H16N2O. The highest BCUT2D eigenvalue weighted by atomic mass is 16.2. The minimum Gasteiger partial charge on any atom is -0.267 e. The zero-order chi connectivity index (χ0) is 12.8. The van der Waals surface area contributed by atoms with Crippen LogP contribution in [0.15, 0.2) is 47.6 Å². The number of benzene rings is 2. The summed E-state index contributed by atoms with van der Waals surface area (Å²) in [6.07, 6.45) is 3.62. The lowest BCUT2D eigenvalue weighted by molar-refractivity contribution is 0.0956. The molecule has 3 heteroatoms. The second-order valence-electron chi connectivity index (χ2n) is 4.07. The van der Waals surface area contributed by atoms with Crippen molar-refractivity contribution in [3.63, 3.8) is 0 Å². The van der Waals surface area contributed by atoms with Crippen LogP contribution in [0.1, 0.15) is 30.1 Å². The number of rotatable bonds is 4. The smallest absolute Gasteiger partial charge is 0.267 e. The van der Waals surface area contributed by atoms with Gasteiger partial charge in [0.2, 0.25) is 0 Å². The van der Waals surface area contributed by atoms with Gasteiger partial charge in [-0.3, -0.25) is 4.79 Å². The van der Waals surface area contributed by atoms with Gasteiger partial charge in [0.25, 0.3) is 5.91 Å². The molecule has 0 bridgehead atoms. The van der Waals surface area contributed by atoms with E-state index in [1.165, 1.54) is 0 Å². The minimum atomic E-state index is -0.167. The first kappa shape index (κ1) is 12.3. The lowest BCUT2D eigenvalue weighted by Crippen LogP contribution is -2.17. The van der Waals surface area contributed by atoms with Crippen LogP contribution in [0.4, 0.5) is 0 Å². The first-order valence-corrected chi connectivity index (χ1v) is 6.12. The van der Waals surface area contributed by atoms with E-state index in [4.69, 9.17) is 0 Å². The van der Waals surface area contributed by atoms with Gasteiger partial charge in [0, 0.05) is 11.8 Å². The Morgan fingerprint density at radius 1 is 1.22 bits per heavy atom. The third-order valence-corrected chi connectivity index (χ3v) is 2.71. The van der Waals surface area contributed by atoms with E-state index in [0.717, 1.165) is 23.6 Å². The van der Waals surface area contributed by atoms with Gasteiger partial charge < -0.3 is 0 Å². The van der Waals surface area contributed by atoms with Crippen LogP contribution in [0.25, 0.3) is 10.8 Å². The number of amides is 1. The first-order valence-electron chi connectivity index (χ1n) is 6.12. The minimum absolute atomic E-state index is 0.167. The summed E-state index contributed by atoms with van der Waals surface area (Å²) in [5.74, 6) is -0.167. The van der Waals surface area contributed by atoms with Crippen LogP contribution in [0.5, 0.6) is 0 Å². The van der Waals surface area contributed by atoms with E-state index >= 15 is 0 Å². The summed E-state index contributed by atoms with van der Waals surface area (Å²) >= 11 is 0. The van der Waals surface area contributed by atoms with Crippen molar-refractivity contribution >= 4 is 22.9 Å². The second kappa shape index (κ2) is 5.96. The summed E-state index contributed by atoms with van der Waals surface area (Å²) in [5.41, 5.74) is 3.21. The largest absolute Gasteiger partial charge is 0.271 e. The summed E-state index contributed by atoms with van der Waals surface area (Å²) in [6.45, 7) is 2.07. The molecule has 0 atom stereocenters. The standard InChI is InChI=1S/C15H16N2O/c1-2-3-11-16-17-15(18)14-10-6-8-12-7-4-5-9-13(12)14/h4-11H,2-3H2,1H3,(H,17,18). The van der Waals surface area contributed by atoms with E-state index in [-0.39, 0.29) is 5.91 Å². The Labute approximate surface area is 107 Å². The molecule has 3 nitrogen and oxygen atoms in total. The van der Waals surface area contributed by atoms with Gasteiger partial charge in [0.15, 0.2) is 0 Å². The normalized spacial score (nSPS) is 10.9. The van der Waals surface area contributed by atoms with Gasteiger partial charge in [-0.1, -0.05) is 49.7 Å². The lowest BCUT2D eigenvalue weighted by Gasteiger charge is -2.04. The van der Waals surface area contributed by atoms with Crippen molar-refractivity contribution in [2.24, 2.45) is 5.10 Å². The number of nitrogens with one attached hydrogen (secondary N) is 1. The molecule has 1 N–H and O–H groups in total. The number of nitrogens with zero attached hydrogens (tertiary/aromatic N) is 1. The number of fused-ring (bicyclic) bond motifs is 1. The molecule has 0 saturated heterocycles. The summed E-state index contributed by atoms with van der Waals surface area (Å²) in [4.78, 5) is 12.0. The molecule has 2 aromatic rings. The summed E-state index contributed by atoms with van der Waals surface area (Å²) < 4.78 is 0. The number of hydrazone groups is 1. The highest BCUT2D eigenvalue weighted by Gasteiger charge is 2.07. The number of unbranched alkanes of at least 4 members (excludes halogenated alkanes) is 1. The quantitative estimate of drug-likeness (QED) is 0.646. The second-order valence-corrected chi connectivity index (χ2v) is 4.07. The van der Waals surface area contributed by atoms with Crippen LogP contribution in [0.3, 0.4) is 0 Å². The van der Waals surface area contributed by atoms with Crippen LogP contribution >= 0.6 is 0 Å². The van der Waals surface area contributed by atoms with E-state index in [9.17, 15) is 4.79 Å². The summed E-state index contributed by atoms with van der Waals surface area (Å²) in [7, 11) is 0. The molecule has 0 spiro atoms. The Bertz CT molecular complexity index is 570. The van der Waals surface area contributed by atoms with Crippen LogP contribution in [-0.4, -0.2) is 12.1 Å². The molecule has 0 aliphatic carbocycles. The molecule has 2 rings (SSSR count). The number of hydrogen-bond acceptors (Lipinski definition) is 2. The van der Waals surface area contributed by atoms with Crippen molar-refractivity contribution in [2.45, 2.75) is 19.8 Å². The molecule has 0 aromatic heterocycles. The third kappa shape index (κ3) is 2.74. The highest BCUT2D eigenvalue weighted by molar-refractivity contribution is 6.07. The average Bonchev–Trinajstić information content (AvgIpc) is 2.43. The maximum Gasteiger partial charge on any atom is 0.271 e. The average molecular weight is 240 g/mol. The molecule has 92 valence electrons. The van der Waals surface area contributed by atoms with Crippen molar-refractivity contribution in [2.75, 3.05) is 0 Å². The molecule has 0 fully saturated rings. The molecule has 0 unspecified atom stereocenters. The molecule has 0 radical (unpaired) electrons. The zero-order valence-corrected chi connectivity index (χ0v) is 10.4. The maximum absolute atomic E-state index is 12.0. The van der Waals surface area contributed by atoms with Crippen LogP contribution in [0, 0.1) is 0 Å². The number of hydrogen-bond donors (Lipinski definition) is 1. The van der Waals surface area contributed by atoms with Gasteiger partial charge in [-0.15, -0.1) is 0 Å². The highest BCUT2D eigenvalue weighted by Crippen LogP contribution is 2.18. The molecule has 0 aliphatic rings. The Balaban J connectivity index is 2.22. The fourth-order valence-electron chi connectivity index (χ4n) is 1.78. The zero-order valence-electron chi connectivity index (χ0n) is 10.4. The summed E-state index contributed by atoms with van der Waals surface area (Å²) in [5, 5.41) is 5.93. The van der Waals surface area contributed by atoms with E-state index in [1.807, 2.05) is 42.5 Å². The Morgan fingerprint density at radius 3 is 2.83 bits per heavy atom. The fourth-order valence-corrected chi connectivity index (χ4v) is 1.78. The SMILES string of the molecule is CCCC=NNC(=O)c1cccc2ccccc12. The van der Waals surface area contributed by atoms with Gasteiger partial charge in [-0.2, -0.15) is 5.10 Å².